The molecule has 0 aliphatic rings. The second kappa shape index (κ2) is 19.5. The van der Waals surface area contributed by atoms with E-state index in [9.17, 15) is 0 Å². The molecule has 0 fully saturated rings. The van der Waals surface area contributed by atoms with Gasteiger partial charge in [0.05, 0.1) is 36.2 Å². The molecule has 0 N–H and O–H groups in total. The van der Waals surface area contributed by atoms with E-state index in [0.29, 0.717) is 5.92 Å². The molecule has 6 heteroatoms. The van der Waals surface area contributed by atoms with Crippen molar-refractivity contribution in [3.05, 3.63) is 218 Å². The Bertz CT molecular complexity index is 3400. The topological polar surface area (TPSA) is 43.9 Å². The van der Waals surface area contributed by atoms with E-state index in [2.05, 4.69) is 208 Å². The standard InChI is InChI=1S/C37H23N2O.C24H28NSi.Ir/c1-3-13-25(14-4-1)27-18-11-19-28(26-15-5-2-6-16-26)35(27)39-33-23-9-8-22-32(33)38-37(39)31-21-12-20-30-29-17-7-10-24-34(29)40-36(30)31;1-18(2)14-22-16-23(25-17-24(22)26(3,4)5)21-13-9-12-20(15-21)19-10-7-6-8-11-19;/h1-20,22-24H;6-12,15-18H,14H2,1-5H3;/q2*-1;. The first-order chi connectivity index (χ1) is 32.2. The van der Waals surface area contributed by atoms with Gasteiger partial charge >= 0.3 is 0 Å². The van der Waals surface area contributed by atoms with Crippen LogP contribution in [0, 0.1) is 18.1 Å². The van der Waals surface area contributed by atoms with Gasteiger partial charge in [-0.3, -0.25) is 4.98 Å². The molecule has 0 saturated carbocycles. The van der Waals surface area contributed by atoms with Crippen LogP contribution in [0.5, 0.6) is 0 Å². The average Bonchev–Trinajstić information content (AvgIpc) is 3.93. The zero-order valence-corrected chi connectivity index (χ0v) is 41.8. The summed E-state index contributed by atoms with van der Waals surface area (Å²) in [6.45, 7) is 11.8. The first-order valence-electron chi connectivity index (χ1n) is 22.8. The van der Waals surface area contributed by atoms with E-state index in [1.807, 2.05) is 42.5 Å². The third-order valence-electron chi connectivity index (χ3n) is 12.2. The SMILES string of the molecule is CC(C)Cc1cc(-c2[c-]ccc(-c3ccccc3)c2)ncc1[Si](C)(C)C.[Ir].[c-]1ccc2c(oc3ccccc32)c1-c1nc2ccccc2n1-c1c(-c2ccccc2)cccc1-c1ccccc1. The fraction of sp³-hybridized carbons (Fsp3) is 0.115. The van der Waals surface area contributed by atoms with Gasteiger partial charge in [0.2, 0.25) is 0 Å². The van der Waals surface area contributed by atoms with Gasteiger partial charge in [-0.2, -0.15) is 0 Å². The predicted molar refractivity (Wildman–Crippen MR) is 279 cm³/mol. The van der Waals surface area contributed by atoms with Crippen LogP contribution in [0.25, 0.3) is 94.7 Å². The minimum absolute atomic E-state index is 0. The summed E-state index contributed by atoms with van der Waals surface area (Å²) in [5.41, 5.74) is 16.0. The largest absolute Gasteiger partial charge is 0.501 e. The van der Waals surface area contributed by atoms with E-state index in [4.69, 9.17) is 14.4 Å². The number of rotatable bonds is 9. The van der Waals surface area contributed by atoms with Crippen LogP contribution in [0.1, 0.15) is 19.4 Å². The van der Waals surface area contributed by atoms with Crippen molar-refractivity contribution in [3.8, 4) is 61.7 Å². The molecule has 0 atom stereocenters. The summed E-state index contributed by atoms with van der Waals surface area (Å²) in [5, 5.41) is 3.63. The first-order valence-corrected chi connectivity index (χ1v) is 26.3. The van der Waals surface area contributed by atoms with Gasteiger partial charge in [-0.25, -0.2) is 0 Å². The smallest absolute Gasteiger partial charge is 0.120 e. The molecule has 11 rings (SSSR count). The van der Waals surface area contributed by atoms with E-state index < -0.39 is 8.07 Å². The molecule has 0 aliphatic carbocycles. The molecule has 0 amide bonds. The van der Waals surface area contributed by atoms with Crippen LogP contribution < -0.4 is 5.19 Å². The molecular formula is C61H51IrN3OSi-2. The molecule has 0 saturated heterocycles. The van der Waals surface area contributed by atoms with Gasteiger partial charge in [-0.15, -0.1) is 53.6 Å². The number of imidazole rings is 1. The Labute approximate surface area is 408 Å². The Morgan fingerprint density at radius 2 is 1.21 bits per heavy atom. The van der Waals surface area contributed by atoms with Gasteiger partial charge in [0.25, 0.3) is 0 Å². The maximum Gasteiger partial charge on any atom is 0.120 e. The molecule has 0 bridgehead atoms. The zero-order valence-electron chi connectivity index (χ0n) is 38.4. The van der Waals surface area contributed by atoms with Crippen molar-refractivity contribution in [2.75, 3.05) is 0 Å². The van der Waals surface area contributed by atoms with Gasteiger partial charge < -0.3 is 14.0 Å². The van der Waals surface area contributed by atoms with Gasteiger partial charge in [0, 0.05) is 42.8 Å². The zero-order chi connectivity index (χ0) is 45.2. The van der Waals surface area contributed by atoms with Crippen LogP contribution in [0.3, 0.4) is 0 Å². The Morgan fingerprint density at radius 3 is 1.88 bits per heavy atom. The molecule has 3 aromatic heterocycles. The summed E-state index contributed by atoms with van der Waals surface area (Å²) >= 11 is 0. The van der Waals surface area contributed by atoms with Crippen molar-refractivity contribution in [3.63, 3.8) is 0 Å². The van der Waals surface area contributed by atoms with E-state index in [1.54, 1.807) is 0 Å². The van der Waals surface area contributed by atoms with Crippen LogP contribution >= 0.6 is 0 Å². The van der Waals surface area contributed by atoms with Crippen LogP contribution in [-0.4, -0.2) is 22.6 Å². The molecule has 0 aliphatic heterocycles. The number of para-hydroxylation sites is 4. The molecule has 8 aromatic carbocycles. The Morgan fingerprint density at radius 1 is 0.597 bits per heavy atom. The summed E-state index contributed by atoms with van der Waals surface area (Å²) in [5.74, 6) is 1.44. The third-order valence-corrected chi connectivity index (χ3v) is 14.2. The number of aromatic nitrogens is 3. The quantitative estimate of drug-likeness (QED) is 0.107. The number of pyridine rings is 1. The monoisotopic (exact) mass is 1060 g/mol. The number of furan rings is 1. The summed E-state index contributed by atoms with van der Waals surface area (Å²) in [7, 11) is -1.40. The van der Waals surface area contributed by atoms with E-state index in [-0.39, 0.29) is 20.1 Å². The van der Waals surface area contributed by atoms with Crippen LogP contribution in [0.4, 0.5) is 0 Å². The molecule has 11 aromatic rings. The van der Waals surface area contributed by atoms with Crippen LogP contribution in [-0.2, 0) is 26.5 Å². The van der Waals surface area contributed by atoms with Gasteiger partial charge in [-0.05, 0) is 58.1 Å². The van der Waals surface area contributed by atoms with E-state index >= 15 is 0 Å². The molecule has 3 heterocycles. The number of benzene rings is 8. The van der Waals surface area contributed by atoms with Crippen molar-refractivity contribution in [2.45, 2.75) is 39.9 Å². The van der Waals surface area contributed by atoms with E-state index in [0.717, 1.165) is 90.0 Å². The number of nitrogens with zero attached hydrogens (tertiary/aromatic N) is 3. The maximum atomic E-state index is 6.47. The summed E-state index contributed by atoms with van der Waals surface area (Å²) < 4.78 is 8.76. The molecule has 4 nitrogen and oxygen atoms in total. The van der Waals surface area contributed by atoms with Crippen molar-refractivity contribution in [1.82, 2.24) is 14.5 Å². The first kappa shape index (κ1) is 45.2. The minimum atomic E-state index is -1.40. The molecule has 331 valence electrons. The second-order valence-electron chi connectivity index (χ2n) is 18.3. The Hall–Kier alpha value is -6.95. The molecule has 1 radical (unpaired) electrons. The molecular weight excluding hydrogens is 1010 g/mol. The fourth-order valence-electron chi connectivity index (χ4n) is 9.12. The fourth-order valence-corrected chi connectivity index (χ4v) is 10.7. The number of hydrogen-bond acceptors (Lipinski definition) is 3. The maximum absolute atomic E-state index is 6.47. The average molecular weight is 1060 g/mol. The van der Waals surface area contributed by atoms with Crippen LogP contribution in [0.2, 0.25) is 19.6 Å². The van der Waals surface area contributed by atoms with Crippen molar-refractivity contribution in [1.29, 1.82) is 0 Å². The van der Waals surface area contributed by atoms with Crippen molar-refractivity contribution < 1.29 is 24.5 Å². The third kappa shape index (κ3) is 9.26. The number of fused-ring (bicyclic) bond motifs is 4. The van der Waals surface area contributed by atoms with Crippen LogP contribution in [0.15, 0.2) is 205 Å². The van der Waals surface area contributed by atoms with Crippen molar-refractivity contribution >= 4 is 46.2 Å². The van der Waals surface area contributed by atoms with Crippen molar-refractivity contribution in [2.24, 2.45) is 5.92 Å². The molecule has 0 unspecified atom stereocenters. The normalized spacial score (nSPS) is 11.4. The van der Waals surface area contributed by atoms with Gasteiger partial charge in [0.15, 0.2) is 0 Å². The molecule has 67 heavy (non-hydrogen) atoms. The Kier molecular flexibility index (Phi) is 13.1. The number of hydrogen-bond donors (Lipinski definition) is 0. The summed E-state index contributed by atoms with van der Waals surface area (Å²) in [4.78, 5) is 10.0. The minimum Gasteiger partial charge on any atom is -0.501 e. The second-order valence-corrected chi connectivity index (χ2v) is 23.4. The van der Waals surface area contributed by atoms with E-state index in [1.165, 1.54) is 21.9 Å². The Balaban J connectivity index is 0.000000182. The summed E-state index contributed by atoms with van der Waals surface area (Å²) in [6, 6.07) is 74.2. The molecule has 0 spiro atoms. The van der Waals surface area contributed by atoms with Gasteiger partial charge in [-0.1, -0.05) is 196 Å². The predicted octanol–water partition coefficient (Wildman–Crippen LogP) is 15.7. The summed E-state index contributed by atoms with van der Waals surface area (Å²) in [6.07, 6.45) is 3.23. The van der Waals surface area contributed by atoms with Gasteiger partial charge in [0.1, 0.15) is 5.58 Å².